The number of para-hydroxylation sites is 1. The second kappa shape index (κ2) is 7.30. The molecule has 0 aliphatic carbocycles. The monoisotopic (exact) mass is 237 g/mol. The summed E-state index contributed by atoms with van der Waals surface area (Å²) in [4.78, 5) is 2.30. The standard InChI is InChI=1S/C14H23NO2/c1-4-15(10-11-17-5-2)12(3)13-8-6-7-9-14(13)16/h6-9,12,16H,4-5,10-11H2,1-3H3. The van der Waals surface area contributed by atoms with Crippen molar-refractivity contribution in [2.24, 2.45) is 0 Å². The second-order valence-corrected chi connectivity index (χ2v) is 4.06. The highest BCUT2D eigenvalue weighted by atomic mass is 16.5. The van der Waals surface area contributed by atoms with Gasteiger partial charge in [0, 0.05) is 24.8 Å². The minimum atomic E-state index is 0.210. The first-order valence-electron chi connectivity index (χ1n) is 6.30. The fourth-order valence-electron chi connectivity index (χ4n) is 1.99. The van der Waals surface area contributed by atoms with Crippen LogP contribution in [0.2, 0.25) is 0 Å². The van der Waals surface area contributed by atoms with Crippen molar-refractivity contribution in [1.29, 1.82) is 0 Å². The quantitative estimate of drug-likeness (QED) is 0.740. The molecule has 0 amide bonds. The first kappa shape index (κ1) is 14.0. The average molecular weight is 237 g/mol. The predicted molar refractivity (Wildman–Crippen MR) is 70.3 cm³/mol. The minimum Gasteiger partial charge on any atom is -0.508 e. The van der Waals surface area contributed by atoms with Crippen molar-refractivity contribution in [2.45, 2.75) is 26.8 Å². The van der Waals surface area contributed by atoms with Gasteiger partial charge in [-0.05, 0) is 26.5 Å². The van der Waals surface area contributed by atoms with Crippen LogP contribution in [-0.2, 0) is 4.74 Å². The molecule has 0 aliphatic rings. The van der Waals surface area contributed by atoms with Gasteiger partial charge in [-0.1, -0.05) is 25.1 Å². The first-order chi connectivity index (χ1) is 8.20. The van der Waals surface area contributed by atoms with Gasteiger partial charge < -0.3 is 9.84 Å². The van der Waals surface area contributed by atoms with Gasteiger partial charge in [0.1, 0.15) is 5.75 Å². The van der Waals surface area contributed by atoms with Crippen LogP contribution in [0, 0.1) is 0 Å². The third-order valence-electron chi connectivity index (χ3n) is 3.07. The molecule has 96 valence electrons. The van der Waals surface area contributed by atoms with E-state index in [0.717, 1.165) is 31.9 Å². The van der Waals surface area contributed by atoms with Crippen LogP contribution in [-0.4, -0.2) is 36.3 Å². The Morgan fingerprint density at radius 2 is 2.00 bits per heavy atom. The summed E-state index contributed by atoms with van der Waals surface area (Å²) in [5.74, 6) is 0.370. The molecule has 0 heterocycles. The maximum atomic E-state index is 9.84. The zero-order chi connectivity index (χ0) is 12.7. The fourth-order valence-corrected chi connectivity index (χ4v) is 1.99. The van der Waals surface area contributed by atoms with Crippen LogP contribution in [0.1, 0.15) is 32.4 Å². The van der Waals surface area contributed by atoms with Crippen LogP contribution in [0.4, 0.5) is 0 Å². The Kier molecular flexibility index (Phi) is 6.01. The molecule has 17 heavy (non-hydrogen) atoms. The Labute approximate surface area is 104 Å². The van der Waals surface area contributed by atoms with Crippen LogP contribution in [0.5, 0.6) is 5.75 Å². The zero-order valence-electron chi connectivity index (χ0n) is 11.0. The summed E-state index contributed by atoms with van der Waals surface area (Å²) < 4.78 is 5.38. The van der Waals surface area contributed by atoms with E-state index in [-0.39, 0.29) is 6.04 Å². The zero-order valence-corrected chi connectivity index (χ0v) is 11.0. The highest BCUT2D eigenvalue weighted by molar-refractivity contribution is 5.34. The van der Waals surface area contributed by atoms with Gasteiger partial charge in [-0.3, -0.25) is 4.90 Å². The number of benzene rings is 1. The van der Waals surface area contributed by atoms with Crippen molar-refractivity contribution in [3.8, 4) is 5.75 Å². The van der Waals surface area contributed by atoms with E-state index < -0.39 is 0 Å². The molecule has 3 nitrogen and oxygen atoms in total. The molecule has 0 radical (unpaired) electrons. The average Bonchev–Trinajstić information content (AvgIpc) is 2.35. The highest BCUT2D eigenvalue weighted by Gasteiger charge is 2.16. The van der Waals surface area contributed by atoms with Gasteiger partial charge >= 0.3 is 0 Å². The SMILES string of the molecule is CCOCCN(CC)C(C)c1ccccc1O. The van der Waals surface area contributed by atoms with Crippen LogP contribution >= 0.6 is 0 Å². The Hall–Kier alpha value is -1.06. The lowest BCUT2D eigenvalue weighted by molar-refractivity contribution is 0.0996. The van der Waals surface area contributed by atoms with E-state index in [9.17, 15) is 5.11 Å². The second-order valence-electron chi connectivity index (χ2n) is 4.06. The van der Waals surface area contributed by atoms with Crippen LogP contribution in [0.15, 0.2) is 24.3 Å². The van der Waals surface area contributed by atoms with E-state index in [4.69, 9.17) is 4.74 Å². The Bertz CT molecular complexity index is 328. The van der Waals surface area contributed by atoms with E-state index in [1.165, 1.54) is 0 Å². The Balaban J connectivity index is 2.65. The van der Waals surface area contributed by atoms with E-state index in [0.29, 0.717) is 5.75 Å². The largest absolute Gasteiger partial charge is 0.508 e. The fraction of sp³-hybridized carbons (Fsp3) is 0.571. The smallest absolute Gasteiger partial charge is 0.120 e. The molecule has 1 rings (SSSR count). The van der Waals surface area contributed by atoms with Gasteiger partial charge in [-0.25, -0.2) is 0 Å². The van der Waals surface area contributed by atoms with Crippen molar-refractivity contribution < 1.29 is 9.84 Å². The van der Waals surface area contributed by atoms with Gasteiger partial charge in [0.05, 0.1) is 6.61 Å². The molecule has 0 saturated carbocycles. The maximum Gasteiger partial charge on any atom is 0.120 e. The number of rotatable bonds is 7. The molecule has 1 N–H and O–H groups in total. The summed E-state index contributed by atoms with van der Waals surface area (Å²) in [6.45, 7) is 9.57. The lowest BCUT2D eigenvalue weighted by Gasteiger charge is -2.28. The molecular weight excluding hydrogens is 214 g/mol. The molecule has 1 aromatic rings. The highest BCUT2D eigenvalue weighted by Crippen LogP contribution is 2.27. The Morgan fingerprint density at radius 3 is 2.59 bits per heavy atom. The van der Waals surface area contributed by atoms with E-state index in [1.54, 1.807) is 6.07 Å². The van der Waals surface area contributed by atoms with Crippen molar-refractivity contribution in [3.05, 3.63) is 29.8 Å². The van der Waals surface area contributed by atoms with Gasteiger partial charge in [-0.2, -0.15) is 0 Å². The van der Waals surface area contributed by atoms with Crippen molar-refractivity contribution in [2.75, 3.05) is 26.3 Å². The molecule has 0 saturated heterocycles. The molecule has 0 bridgehead atoms. The third kappa shape index (κ3) is 4.02. The number of hydrogen-bond acceptors (Lipinski definition) is 3. The number of nitrogens with zero attached hydrogens (tertiary/aromatic N) is 1. The van der Waals surface area contributed by atoms with E-state index in [1.807, 2.05) is 25.1 Å². The number of phenols is 1. The summed E-state index contributed by atoms with van der Waals surface area (Å²) in [7, 11) is 0. The summed E-state index contributed by atoms with van der Waals surface area (Å²) in [6, 6.07) is 7.73. The molecule has 0 aliphatic heterocycles. The van der Waals surface area contributed by atoms with Gasteiger partial charge in [0.25, 0.3) is 0 Å². The summed E-state index contributed by atoms with van der Waals surface area (Å²) in [6.07, 6.45) is 0. The minimum absolute atomic E-state index is 0.210. The van der Waals surface area contributed by atoms with Crippen molar-refractivity contribution in [3.63, 3.8) is 0 Å². The molecule has 1 aromatic carbocycles. The lowest BCUT2D eigenvalue weighted by Crippen LogP contribution is -2.30. The Morgan fingerprint density at radius 1 is 1.29 bits per heavy atom. The summed E-state index contributed by atoms with van der Waals surface area (Å²) >= 11 is 0. The lowest BCUT2D eigenvalue weighted by atomic mass is 10.1. The molecule has 1 atom stereocenters. The number of aromatic hydroxyl groups is 1. The number of ether oxygens (including phenoxy) is 1. The molecular formula is C14H23NO2. The third-order valence-corrected chi connectivity index (χ3v) is 3.07. The molecule has 0 aromatic heterocycles. The van der Waals surface area contributed by atoms with Crippen molar-refractivity contribution in [1.82, 2.24) is 4.90 Å². The number of hydrogen-bond donors (Lipinski definition) is 1. The molecule has 0 spiro atoms. The first-order valence-corrected chi connectivity index (χ1v) is 6.30. The molecule has 3 heteroatoms. The van der Waals surface area contributed by atoms with Gasteiger partial charge in [-0.15, -0.1) is 0 Å². The van der Waals surface area contributed by atoms with Gasteiger partial charge in [0.15, 0.2) is 0 Å². The maximum absolute atomic E-state index is 9.84. The topological polar surface area (TPSA) is 32.7 Å². The van der Waals surface area contributed by atoms with E-state index >= 15 is 0 Å². The molecule has 0 fully saturated rings. The molecule has 1 unspecified atom stereocenters. The summed E-state index contributed by atoms with van der Waals surface area (Å²) in [5.41, 5.74) is 0.978. The number of phenolic OH excluding ortho intramolecular Hbond substituents is 1. The van der Waals surface area contributed by atoms with Crippen LogP contribution in [0.25, 0.3) is 0 Å². The predicted octanol–water partition coefficient (Wildman–Crippen LogP) is 2.81. The normalized spacial score (nSPS) is 12.9. The summed E-state index contributed by atoms with van der Waals surface area (Å²) in [5, 5.41) is 9.84. The van der Waals surface area contributed by atoms with Crippen LogP contribution in [0.3, 0.4) is 0 Å². The van der Waals surface area contributed by atoms with Crippen molar-refractivity contribution >= 4 is 0 Å². The van der Waals surface area contributed by atoms with Crippen LogP contribution < -0.4 is 0 Å². The van der Waals surface area contributed by atoms with E-state index in [2.05, 4.69) is 18.7 Å². The van der Waals surface area contributed by atoms with Gasteiger partial charge in [0.2, 0.25) is 0 Å². The number of likely N-dealkylation sites (N-methyl/N-ethyl adjacent to an activating group) is 1.